The molecule has 1 nitrogen and oxygen atoms in total. The standard InChI is InChI=1S/C15H23BrFN/c1-3-5-6-12(4-2)10-18-11-13-9-14(17)7-8-15(13)16/h7-9,12,18H,3-6,10-11H2,1-2H3. The van der Waals surface area contributed by atoms with E-state index < -0.39 is 0 Å². The summed E-state index contributed by atoms with van der Waals surface area (Å²) < 4.78 is 14.1. The lowest BCUT2D eigenvalue weighted by Gasteiger charge is -2.15. The lowest BCUT2D eigenvalue weighted by Crippen LogP contribution is -2.22. The molecule has 3 heteroatoms. The van der Waals surface area contributed by atoms with E-state index in [1.54, 1.807) is 12.1 Å². The maximum Gasteiger partial charge on any atom is 0.123 e. The van der Waals surface area contributed by atoms with Crippen LogP contribution in [-0.4, -0.2) is 6.54 Å². The van der Waals surface area contributed by atoms with E-state index >= 15 is 0 Å². The predicted octanol–water partition coefficient (Wildman–Crippen LogP) is 4.89. The first-order chi connectivity index (χ1) is 8.67. The van der Waals surface area contributed by atoms with E-state index in [2.05, 4.69) is 35.1 Å². The van der Waals surface area contributed by atoms with Crippen LogP contribution in [0.5, 0.6) is 0 Å². The van der Waals surface area contributed by atoms with Crippen molar-refractivity contribution < 1.29 is 4.39 Å². The van der Waals surface area contributed by atoms with Crippen molar-refractivity contribution in [1.82, 2.24) is 5.32 Å². The van der Waals surface area contributed by atoms with Crippen molar-refractivity contribution in [3.63, 3.8) is 0 Å². The van der Waals surface area contributed by atoms with E-state index in [1.165, 1.54) is 31.7 Å². The second kappa shape index (κ2) is 8.65. The highest BCUT2D eigenvalue weighted by atomic mass is 79.9. The zero-order chi connectivity index (χ0) is 13.4. The zero-order valence-electron chi connectivity index (χ0n) is 11.3. The first-order valence-electron chi connectivity index (χ1n) is 6.82. The molecule has 0 aromatic heterocycles. The molecule has 0 bridgehead atoms. The van der Waals surface area contributed by atoms with Crippen molar-refractivity contribution in [3.8, 4) is 0 Å². The van der Waals surface area contributed by atoms with Gasteiger partial charge in [0.25, 0.3) is 0 Å². The normalized spacial score (nSPS) is 12.7. The van der Waals surface area contributed by atoms with E-state index in [-0.39, 0.29) is 5.82 Å². The summed E-state index contributed by atoms with van der Waals surface area (Å²) in [5.74, 6) is 0.560. The van der Waals surface area contributed by atoms with E-state index in [0.29, 0.717) is 0 Å². The Morgan fingerprint density at radius 2 is 2.11 bits per heavy atom. The van der Waals surface area contributed by atoms with Crippen LogP contribution in [0.25, 0.3) is 0 Å². The monoisotopic (exact) mass is 315 g/mol. The number of unbranched alkanes of at least 4 members (excludes halogenated alkanes) is 1. The minimum Gasteiger partial charge on any atom is -0.312 e. The molecule has 0 aliphatic rings. The molecule has 1 unspecified atom stereocenters. The fraction of sp³-hybridized carbons (Fsp3) is 0.600. The Hall–Kier alpha value is -0.410. The molecule has 1 N–H and O–H groups in total. The summed E-state index contributed by atoms with van der Waals surface area (Å²) in [5, 5.41) is 3.43. The second-order valence-electron chi connectivity index (χ2n) is 4.78. The highest BCUT2D eigenvalue weighted by Gasteiger charge is 2.06. The maximum atomic E-state index is 13.1. The fourth-order valence-electron chi connectivity index (χ4n) is 2.03. The quantitative estimate of drug-likeness (QED) is 0.720. The maximum absolute atomic E-state index is 13.1. The number of hydrogen-bond donors (Lipinski definition) is 1. The molecule has 0 radical (unpaired) electrons. The number of benzene rings is 1. The van der Waals surface area contributed by atoms with Crippen LogP contribution in [0.15, 0.2) is 22.7 Å². The third-order valence-corrected chi connectivity index (χ3v) is 4.07. The van der Waals surface area contributed by atoms with E-state index in [9.17, 15) is 4.39 Å². The molecular formula is C15H23BrFN. The summed E-state index contributed by atoms with van der Waals surface area (Å²) in [5.41, 5.74) is 0.986. The van der Waals surface area contributed by atoms with Crippen LogP contribution in [0, 0.1) is 11.7 Å². The van der Waals surface area contributed by atoms with Gasteiger partial charge >= 0.3 is 0 Å². The van der Waals surface area contributed by atoms with E-state index in [4.69, 9.17) is 0 Å². The molecule has 1 atom stereocenters. The average molecular weight is 316 g/mol. The average Bonchev–Trinajstić information content (AvgIpc) is 2.37. The lowest BCUT2D eigenvalue weighted by atomic mass is 9.99. The summed E-state index contributed by atoms with van der Waals surface area (Å²) >= 11 is 3.45. The molecular weight excluding hydrogens is 293 g/mol. The number of nitrogens with one attached hydrogen (secondary N) is 1. The Labute approximate surface area is 118 Å². The first-order valence-corrected chi connectivity index (χ1v) is 7.61. The molecule has 0 saturated heterocycles. The van der Waals surface area contributed by atoms with Gasteiger partial charge in [0.1, 0.15) is 5.82 Å². The van der Waals surface area contributed by atoms with Crippen molar-refractivity contribution in [1.29, 1.82) is 0 Å². The Kier molecular flexibility index (Phi) is 7.52. The molecule has 102 valence electrons. The first kappa shape index (κ1) is 15.6. The molecule has 18 heavy (non-hydrogen) atoms. The summed E-state index contributed by atoms with van der Waals surface area (Å²) in [6.45, 7) is 6.20. The van der Waals surface area contributed by atoms with Gasteiger partial charge in [0.15, 0.2) is 0 Å². The molecule has 1 aromatic rings. The molecule has 0 aliphatic carbocycles. The van der Waals surface area contributed by atoms with Gasteiger partial charge in [-0.3, -0.25) is 0 Å². The summed E-state index contributed by atoms with van der Waals surface area (Å²) in [6, 6.07) is 4.83. The van der Waals surface area contributed by atoms with Gasteiger partial charge in [-0.1, -0.05) is 49.0 Å². The van der Waals surface area contributed by atoms with Gasteiger partial charge < -0.3 is 5.32 Å². The summed E-state index contributed by atoms with van der Waals surface area (Å²) in [4.78, 5) is 0. The molecule has 0 spiro atoms. The van der Waals surface area contributed by atoms with Gasteiger partial charge in [-0.2, -0.15) is 0 Å². The molecule has 0 fully saturated rings. The van der Waals surface area contributed by atoms with Gasteiger partial charge in [-0.05, 0) is 42.6 Å². The number of hydrogen-bond acceptors (Lipinski definition) is 1. The van der Waals surface area contributed by atoms with Crippen molar-refractivity contribution in [2.45, 2.75) is 46.1 Å². The van der Waals surface area contributed by atoms with Crippen molar-refractivity contribution >= 4 is 15.9 Å². The smallest absolute Gasteiger partial charge is 0.123 e. The van der Waals surface area contributed by atoms with Crippen LogP contribution < -0.4 is 5.32 Å². The molecule has 1 aromatic carbocycles. The van der Waals surface area contributed by atoms with E-state index in [1.807, 2.05) is 0 Å². The molecule has 1 rings (SSSR count). The Balaban J connectivity index is 2.37. The van der Waals surface area contributed by atoms with Crippen molar-refractivity contribution in [2.75, 3.05) is 6.54 Å². The Morgan fingerprint density at radius 3 is 2.78 bits per heavy atom. The highest BCUT2D eigenvalue weighted by molar-refractivity contribution is 9.10. The largest absolute Gasteiger partial charge is 0.312 e. The zero-order valence-corrected chi connectivity index (χ0v) is 12.9. The number of halogens is 2. The van der Waals surface area contributed by atoms with Crippen LogP contribution in [0.3, 0.4) is 0 Å². The van der Waals surface area contributed by atoms with Crippen LogP contribution in [0.2, 0.25) is 0 Å². The molecule has 0 heterocycles. The van der Waals surface area contributed by atoms with Gasteiger partial charge in [-0.15, -0.1) is 0 Å². The van der Waals surface area contributed by atoms with Gasteiger partial charge in [-0.25, -0.2) is 4.39 Å². The highest BCUT2D eigenvalue weighted by Crippen LogP contribution is 2.18. The third-order valence-electron chi connectivity index (χ3n) is 3.30. The Morgan fingerprint density at radius 1 is 1.33 bits per heavy atom. The topological polar surface area (TPSA) is 12.0 Å². The van der Waals surface area contributed by atoms with Gasteiger partial charge in [0.2, 0.25) is 0 Å². The second-order valence-corrected chi connectivity index (χ2v) is 5.64. The van der Waals surface area contributed by atoms with Crippen LogP contribution in [0.4, 0.5) is 4.39 Å². The van der Waals surface area contributed by atoms with Crippen LogP contribution in [-0.2, 0) is 6.54 Å². The van der Waals surface area contributed by atoms with Crippen molar-refractivity contribution in [3.05, 3.63) is 34.1 Å². The fourth-order valence-corrected chi connectivity index (χ4v) is 2.42. The van der Waals surface area contributed by atoms with E-state index in [0.717, 1.165) is 29.0 Å². The summed E-state index contributed by atoms with van der Waals surface area (Å²) in [6.07, 6.45) is 5.04. The lowest BCUT2D eigenvalue weighted by molar-refractivity contribution is 0.419. The van der Waals surface area contributed by atoms with Crippen LogP contribution in [0.1, 0.15) is 45.1 Å². The van der Waals surface area contributed by atoms with Gasteiger partial charge in [0.05, 0.1) is 0 Å². The van der Waals surface area contributed by atoms with Crippen LogP contribution >= 0.6 is 15.9 Å². The predicted molar refractivity (Wildman–Crippen MR) is 79.1 cm³/mol. The SMILES string of the molecule is CCCCC(CC)CNCc1cc(F)ccc1Br. The minimum absolute atomic E-state index is 0.173. The molecule has 0 saturated carbocycles. The minimum atomic E-state index is -0.173. The van der Waals surface area contributed by atoms with Crippen molar-refractivity contribution in [2.24, 2.45) is 5.92 Å². The van der Waals surface area contributed by atoms with Gasteiger partial charge in [0, 0.05) is 11.0 Å². The number of rotatable bonds is 8. The summed E-state index contributed by atoms with van der Waals surface area (Å²) in [7, 11) is 0. The Bertz CT molecular complexity index is 354. The third kappa shape index (κ3) is 5.49. The molecule has 0 aliphatic heterocycles. The molecule has 0 amide bonds.